The molecule has 6 nitrogen and oxygen atoms in total. The number of amides is 1. The van der Waals surface area contributed by atoms with Crippen LogP contribution in [-0.2, 0) is 37.8 Å². The van der Waals surface area contributed by atoms with E-state index in [2.05, 4.69) is 10.6 Å². The number of carbonyl (C=O) groups is 2. The van der Waals surface area contributed by atoms with Gasteiger partial charge in [-0.05, 0) is 17.0 Å². The summed E-state index contributed by atoms with van der Waals surface area (Å²) in [5.41, 5.74) is 1.38. The normalized spacial score (nSPS) is 14.0. The molecule has 1 aromatic carbocycles. The van der Waals surface area contributed by atoms with Gasteiger partial charge in [0.2, 0.25) is 5.91 Å². The van der Waals surface area contributed by atoms with Gasteiger partial charge in [0.25, 0.3) is 0 Å². The van der Waals surface area contributed by atoms with Crippen molar-refractivity contribution in [2.45, 2.75) is 12.5 Å². The van der Waals surface area contributed by atoms with Gasteiger partial charge < -0.3 is 20.5 Å². The molecule has 0 fully saturated rings. The molecule has 0 aliphatic heterocycles. The zero-order chi connectivity index (χ0) is 20.9. The van der Waals surface area contributed by atoms with Crippen LogP contribution in [0.25, 0.3) is 0 Å². The summed E-state index contributed by atoms with van der Waals surface area (Å²) in [5.74, 6) is -1.33. The van der Waals surface area contributed by atoms with E-state index in [9.17, 15) is 14.7 Å². The van der Waals surface area contributed by atoms with Gasteiger partial charge in [-0.25, -0.2) is 23.4 Å². The van der Waals surface area contributed by atoms with E-state index in [-0.39, 0.29) is 29.5 Å². The van der Waals surface area contributed by atoms with Crippen LogP contribution in [0, 0.1) is 19.3 Å². The number of benzene rings is 1. The molecule has 7 heteroatoms. The molecule has 2 radical (unpaired) electrons. The number of ether oxygens (including phenoxy) is 1. The maximum absolute atomic E-state index is 12.0. The van der Waals surface area contributed by atoms with Gasteiger partial charge in [0.05, 0.1) is 13.7 Å². The molecule has 1 atom stereocenters. The quantitative estimate of drug-likeness (QED) is 0.285. The fourth-order valence-electron chi connectivity index (χ4n) is 2.54. The summed E-state index contributed by atoms with van der Waals surface area (Å²) in [6.07, 6.45) is 17.1. The minimum Gasteiger partial charge on any atom is -0.860 e. The summed E-state index contributed by atoms with van der Waals surface area (Å²) in [6.45, 7) is -0.216. The van der Waals surface area contributed by atoms with Gasteiger partial charge >= 0.3 is 23.0 Å². The number of methoxy groups -OCH3 is 1. The summed E-state index contributed by atoms with van der Waals surface area (Å²) in [4.78, 5) is 23.9. The maximum atomic E-state index is 12.0. The van der Waals surface area contributed by atoms with Crippen molar-refractivity contribution in [1.29, 1.82) is 0 Å². The van der Waals surface area contributed by atoms with Crippen LogP contribution in [-0.4, -0.2) is 31.6 Å². The predicted molar refractivity (Wildman–Crippen MR) is 109 cm³/mol. The summed E-state index contributed by atoms with van der Waals surface area (Å²) in [6, 6.07) is 8.49. The van der Waals surface area contributed by atoms with E-state index >= 15 is 0 Å². The second-order valence-corrected chi connectivity index (χ2v) is 6.15. The van der Waals surface area contributed by atoms with Gasteiger partial charge in [-0.2, -0.15) is 0 Å². The Morgan fingerprint density at radius 2 is 1.83 bits per heavy atom. The molecule has 0 unspecified atom stereocenters. The van der Waals surface area contributed by atoms with Gasteiger partial charge in [0.1, 0.15) is 6.04 Å². The summed E-state index contributed by atoms with van der Waals surface area (Å²) in [7, 11) is 1.27. The molecule has 1 aromatic rings. The number of allylic oxidation sites excluding steroid dienone is 7. The average Bonchev–Trinajstić information content (AvgIpc) is 3.48. The molecule has 30 heavy (non-hydrogen) atoms. The van der Waals surface area contributed by atoms with E-state index in [1.165, 1.54) is 7.11 Å². The van der Waals surface area contributed by atoms with Crippen molar-refractivity contribution in [3.63, 3.8) is 0 Å². The Bertz CT molecular complexity index is 781. The van der Waals surface area contributed by atoms with Crippen LogP contribution in [0.2, 0.25) is 0 Å². The molecule has 158 valence electrons. The molecule has 2 aliphatic carbocycles. The molecule has 0 saturated heterocycles. The molecule has 0 aromatic heterocycles. The Morgan fingerprint density at radius 1 is 1.13 bits per heavy atom. The van der Waals surface area contributed by atoms with Crippen LogP contribution < -0.4 is 15.7 Å². The summed E-state index contributed by atoms with van der Waals surface area (Å²) < 4.78 is 4.73. The van der Waals surface area contributed by atoms with Gasteiger partial charge in [-0.1, -0.05) is 54.6 Å². The summed E-state index contributed by atoms with van der Waals surface area (Å²) >= 11 is 0. The smallest absolute Gasteiger partial charge is 0.860 e. The average molecular weight is 448 g/mol. The van der Waals surface area contributed by atoms with Gasteiger partial charge in [0.15, 0.2) is 0 Å². The van der Waals surface area contributed by atoms with E-state index in [1.807, 2.05) is 61.7 Å². The maximum Gasteiger partial charge on any atom is 2.00 e. The zero-order valence-corrected chi connectivity index (χ0v) is 17.7. The van der Waals surface area contributed by atoms with Crippen LogP contribution in [0.15, 0.2) is 78.2 Å². The second kappa shape index (κ2) is 14.1. The summed E-state index contributed by atoms with van der Waals surface area (Å²) in [5, 5.41) is 16.9. The SMILES string of the molecule is COC(=O)[C@H](Cc1ccccc1)NC(=O)CNC([O-])=C1C=CC=C1.[CH]1[CH][CH-]C=C1.[Fe+2]. The topological polar surface area (TPSA) is 90.5 Å². The predicted octanol–water partition coefficient (Wildman–Crippen LogP) is 1.34. The van der Waals surface area contributed by atoms with Crippen molar-refractivity contribution in [2.75, 3.05) is 13.7 Å². The van der Waals surface area contributed by atoms with Crippen LogP contribution in [0.3, 0.4) is 0 Å². The van der Waals surface area contributed by atoms with E-state index < -0.39 is 17.9 Å². The minimum atomic E-state index is -0.805. The van der Waals surface area contributed by atoms with Crippen LogP contribution in [0.5, 0.6) is 0 Å². The molecule has 2 N–H and O–H groups in total. The van der Waals surface area contributed by atoms with Gasteiger partial charge in [-0.15, -0.1) is 12.8 Å². The van der Waals surface area contributed by atoms with E-state index in [0.29, 0.717) is 12.0 Å². The molecule has 2 aliphatic rings. The third-order valence-corrected chi connectivity index (χ3v) is 3.99. The molecule has 0 heterocycles. The van der Waals surface area contributed by atoms with Crippen molar-refractivity contribution in [2.24, 2.45) is 0 Å². The molecule has 0 bridgehead atoms. The molecule has 0 saturated carbocycles. The van der Waals surface area contributed by atoms with Crippen molar-refractivity contribution >= 4 is 11.9 Å². The number of hydrogen-bond donors (Lipinski definition) is 2. The first-order valence-corrected chi connectivity index (χ1v) is 9.18. The van der Waals surface area contributed by atoms with Crippen molar-refractivity contribution < 1.29 is 36.5 Å². The molecular formula is C23H24FeN2O4. The van der Waals surface area contributed by atoms with Gasteiger partial charge in [-0.3, -0.25) is 4.79 Å². The van der Waals surface area contributed by atoms with Crippen molar-refractivity contribution in [3.8, 4) is 0 Å². The Morgan fingerprint density at radius 3 is 2.37 bits per heavy atom. The molecule has 3 rings (SSSR count). The van der Waals surface area contributed by atoms with Crippen molar-refractivity contribution in [3.05, 3.63) is 103 Å². The molecule has 0 spiro atoms. The fourth-order valence-corrected chi connectivity index (χ4v) is 2.54. The van der Waals surface area contributed by atoms with E-state index in [4.69, 9.17) is 4.74 Å². The Kier molecular flexibility index (Phi) is 11.9. The number of hydrogen-bond acceptors (Lipinski definition) is 5. The number of esters is 1. The zero-order valence-electron chi connectivity index (χ0n) is 16.6. The van der Waals surface area contributed by atoms with Crippen LogP contribution in [0.4, 0.5) is 0 Å². The Labute approximate surface area is 188 Å². The van der Waals surface area contributed by atoms with Gasteiger partial charge in [0, 0.05) is 6.42 Å². The Balaban J connectivity index is 0.000000655. The second-order valence-electron chi connectivity index (χ2n) is 6.15. The fraction of sp³-hybridized carbons (Fsp3) is 0.174. The first-order chi connectivity index (χ1) is 14.1. The first-order valence-electron chi connectivity index (χ1n) is 9.18. The number of carbonyl (C=O) groups excluding carboxylic acids is 2. The monoisotopic (exact) mass is 448 g/mol. The Hall–Kier alpha value is -2.89. The third kappa shape index (κ3) is 9.07. The molecule has 1 amide bonds. The van der Waals surface area contributed by atoms with Crippen molar-refractivity contribution in [1.82, 2.24) is 10.6 Å². The number of rotatable bonds is 7. The van der Waals surface area contributed by atoms with Crippen LogP contribution >= 0.6 is 0 Å². The standard InChI is InChI=1S/C18H20N2O4.C5H5.Fe/c1-24-18(23)15(11-13-7-3-2-4-8-13)20-16(21)12-19-17(22)14-9-5-6-10-14;1-2-4-5-3-1;/h2-10,15,19,22H,11-12H2,1H3,(H,20,21);1-5H;/q;-1;+2/p-1/t15-;;/m0../s1. The largest absolute Gasteiger partial charge is 2.00 e. The third-order valence-electron chi connectivity index (χ3n) is 3.99. The van der Waals surface area contributed by atoms with Crippen LogP contribution in [0.1, 0.15) is 5.56 Å². The minimum absolute atomic E-state index is 0. The van der Waals surface area contributed by atoms with E-state index in [0.717, 1.165) is 5.56 Å². The number of nitrogens with one attached hydrogen (secondary N) is 2. The first kappa shape index (κ1) is 25.1. The van der Waals surface area contributed by atoms with E-state index in [1.54, 1.807) is 24.3 Å². The molecular weight excluding hydrogens is 424 g/mol.